The number of hydrogen-bond donors (Lipinski definition) is 1. The van der Waals surface area contributed by atoms with Crippen molar-refractivity contribution in [3.63, 3.8) is 0 Å². The van der Waals surface area contributed by atoms with Crippen LogP contribution in [0.3, 0.4) is 0 Å². The number of thiophene rings is 1. The lowest BCUT2D eigenvalue weighted by molar-refractivity contribution is 0.538. The fourth-order valence-electron chi connectivity index (χ4n) is 2.47. The molecule has 1 N–H and O–H groups in total. The third-order valence-electron chi connectivity index (χ3n) is 3.37. The van der Waals surface area contributed by atoms with Gasteiger partial charge in [-0.05, 0) is 24.7 Å². The van der Waals surface area contributed by atoms with Gasteiger partial charge in [0.1, 0.15) is 5.58 Å². The van der Waals surface area contributed by atoms with Crippen molar-refractivity contribution in [2.24, 2.45) is 0 Å². The summed E-state index contributed by atoms with van der Waals surface area (Å²) in [6, 6.07) is 12.5. The normalized spacial score (nSPS) is 12.9. The molecule has 2 aromatic heterocycles. The van der Waals surface area contributed by atoms with Gasteiger partial charge >= 0.3 is 0 Å². The van der Waals surface area contributed by atoms with Crippen LogP contribution in [0.1, 0.15) is 23.4 Å². The Labute approximate surface area is 127 Å². The average molecular weight is 306 g/mol. The molecule has 0 aliphatic carbocycles. The van der Waals surface area contributed by atoms with E-state index in [1.807, 2.05) is 30.5 Å². The maximum atomic E-state index is 6.02. The number of fused-ring (bicyclic) bond motifs is 1. The van der Waals surface area contributed by atoms with Crippen molar-refractivity contribution in [3.8, 4) is 0 Å². The highest BCUT2D eigenvalue weighted by molar-refractivity contribution is 7.16. The summed E-state index contributed by atoms with van der Waals surface area (Å²) in [5, 5.41) is 4.72. The molecule has 1 atom stereocenters. The minimum absolute atomic E-state index is 0.248. The summed E-state index contributed by atoms with van der Waals surface area (Å²) in [5.41, 5.74) is 2.15. The summed E-state index contributed by atoms with van der Waals surface area (Å²) in [6.45, 7) is 3.04. The SMILES string of the molecule is CCNC(Cc1ccc(Cl)s1)c1coc2ccccc12. The van der Waals surface area contributed by atoms with E-state index < -0.39 is 0 Å². The van der Waals surface area contributed by atoms with Crippen molar-refractivity contribution < 1.29 is 4.42 Å². The van der Waals surface area contributed by atoms with Crippen LogP contribution in [0.5, 0.6) is 0 Å². The first-order valence-corrected chi connectivity index (χ1v) is 7.91. The zero-order valence-corrected chi connectivity index (χ0v) is 12.8. The van der Waals surface area contributed by atoms with E-state index in [0.717, 1.165) is 22.9 Å². The predicted molar refractivity (Wildman–Crippen MR) is 85.7 cm³/mol. The quantitative estimate of drug-likeness (QED) is 0.714. The first kappa shape index (κ1) is 13.7. The monoisotopic (exact) mass is 305 g/mol. The highest BCUT2D eigenvalue weighted by Gasteiger charge is 2.17. The summed E-state index contributed by atoms with van der Waals surface area (Å²) in [7, 11) is 0. The van der Waals surface area contributed by atoms with Gasteiger partial charge in [-0.1, -0.05) is 36.7 Å². The second-order valence-corrected chi connectivity index (χ2v) is 6.51. The number of hydrogen-bond acceptors (Lipinski definition) is 3. The standard InChI is InChI=1S/C16H16ClNOS/c1-2-18-14(9-11-7-8-16(17)20-11)13-10-19-15-6-4-3-5-12(13)15/h3-8,10,14,18H,2,9H2,1H3. The maximum Gasteiger partial charge on any atom is 0.134 e. The highest BCUT2D eigenvalue weighted by Crippen LogP contribution is 2.31. The van der Waals surface area contributed by atoms with E-state index in [0.29, 0.717) is 0 Å². The Kier molecular flexibility index (Phi) is 4.10. The Hall–Kier alpha value is -1.29. The molecule has 20 heavy (non-hydrogen) atoms. The molecular formula is C16H16ClNOS. The van der Waals surface area contributed by atoms with Gasteiger partial charge in [0.15, 0.2) is 0 Å². The number of likely N-dealkylation sites (N-methyl/N-ethyl adjacent to an activating group) is 1. The van der Waals surface area contributed by atoms with Gasteiger partial charge in [0, 0.05) is 28.3 Å². The van der Waals surface area contributed by atoms with Gasteiger partial charge in [0.25, 0.3) is 0 Å². The summed E-state index contributed by atoms with van der Waals surface area (Å²) in [4.78, 5) is 1.28. The number of benzene rings is 1. The second-order valence-electron chi connectivity index (χ2n) is 4.71. The molecule has 3 aromatic rings. The third-order valence-corrected chi connectivity index (χ3v) is 4.62. The molecule has 0 saturated heterocycles. The number of halogens is 1. The lowest BCUT2D eigenvalue weighted by Crippen LogP contribution is -2.22. The molecule has 4 heteroatoms. The second kappa shape index (κ2) is 6.00. The van der Waals surface area contributed by atoms with Gasteiger partial charge in [-0.25, -0.2) is 0 Å². The number of nitrogens with one attached hydrogen (secondary N) is 1. The van der Waals surface area contributed by atoms with Crippen LogP contribution >= 0.6 is 22.9 Å². The lowest BCUT2D eigenvalue weighted by atomic mass is 10.0. The molecular weight excluding hydrogens is 290 g/mol. The Balaban J connectivity index is 1.93. The Morgan fingerprint density at radius 1 is 1.25 bits per heavy atom. The van der Waals surface area contributed by atoms with Gasteiger partial charge in [0.05, 0.1) is 10.6 Å². The maximum absolute atomic E-state index is 6.02. The zero-order valence-electron chi connectivity index (χ0n) is 11.2. The van der Waals surface area contributed by atoms with Gasteiger partial charge in [0.2, 0.25) is 0 Å². The molecule has 1 aromatic carbocycles. The van der Waals surface area contributed by atoms with Gasteiger partial charge in [-0.2, -0.15) is 0 Å². The van der Waals surface area contributed by atoms with Crippen molar-refractivity contribution in [2.45, 2.75) is 19.4 Å². The number of para-hydroxylation sites is 1. The summed E-state index contributed by atoms with van der Waals surface area (Å²) in [5.74, 6) is 0. The van der Waals surface area contributed by atoms with Crippen molar-refractivity contribution in [1.29, 1.82) is 0 Å². The first-order valence-electron chi connectivity index (χ1n) is 6.71. The van der Waals surface area contributed by atoms with E-state index in [1.165, 1.54) is 15.8 Å². The third kappa shape index (κ3) is 2.75. The predicted octanol–water partition coefficient (Wildman–Crippen LogP) is 5.04. The smallest absolute Gasteiger partial charge is 0.134 e. The van der Waals surface area contributed by atoms with Crippen LogP contribution in [0.2, 0.25) is 4.34 Å². The van der Waals surface area contributed by atoms with E-state index in [2.05, 4.69) is 24.4 Å². The molecule has 2 nitrogen and oxygen atoms in total. The van der Waals surface area contributed by atoms with Gasteiger partial charge < -0.3 is 9.73 Å². The molecule has 104 valence electrons. The lowest BCUT2D eigenvalue weighted by Gasteiger charge is -2.16. The van der Waals surface area contributed by atoms with Crippen LogP contribution in [-0.2, 0) is 6.42 Å². The molecule has 0 spiro atoms. The van der Waals surface area contributed by atoms with Crippen molar-refractivity contribution in [1.82, 2.24) is 5.32 Å². The Morgan fingerprint density at radius 3 is 2.85 bits per heavy atom. The van der Waals surface area contributed by atoms with Crippen LogP contribution < -0.4 is 5.32 Å². The largest absolute Gasteiger partial charge is 0.464 e. The summed E-state index contributed by atoms with van der Waals surface area (Å²) < 4.78 is 6.50. The fourth-order valence-corrected chi connectivity index (χ4v) is 3.60. The van der Waals surface area contributed by atoms with Crippen LogP contribution in [0.4, 0.5) is 0 Å². The molecule has 0 aliphatic heterocycles. The average Bonchev–Trinajstić information content (AvgIpc) is 3.04. The molecule has 2 heterocycles. The van der Waals surface area contributed by atoms with Crippen LogP contribution in [0, 0.1) is 0 Å². The fraction of sp³-hybridized carbons (Fsp3) is 0.250. The van der Waals surface area contributed by atoms with E-state index in [1.54, 1.807) is 11.3 Å². The van der Waals surface area contributed by atoms with Crippen LogP contribution in [-0.4, -0.2) is 6.54 Å². The molecule has 0 saturated carbocycles. The molecule has 0 fully saturated rings. The van der Waals surface area contributed by atoms with Crippen molar-refractivity contribution >= 4 is 33.9 Å². The van der Waals surface area contributed by atoms with Crippen molar-refractivity contribution in [2.75, 3.05) is 6.54 Å². The number of furan rings is 1. The van der Waals surface area contributed by atoms with E-state index in [4.69, 9.17) is 16.0 Å². The molecule has 1 unspecified atom stereocenters. The summed E-state index contributed by atoms with van der Waals surface area (Å²) in [6.07, 6.45) is 2.79. The Bertz CT molecular complexity index is 703. The number of rotatable bonds is 5. The van der Waals surface area contributed by atoms with E-state index >= 15 is 0 Å². The molecule has 3 rings (SSSR count). The minimum atomic E-state index is 0.248. The van der Waals surface area contributed by atoms with Crippen LogP contribution in [0.25, 0.3) is 11.0 Å². The minimum Gasteiger partial charge on any atom is -0.464 e. The molecule has 0 bridgehead atoms. The summed E-state index contributed by atoms with van der Waals surface area (Å²) >= 11 is 7.66. The highest BCUT2D eigenvalue weighted by atomic mass is 35.5. The first-order chi connectivity index (χ1) is 9.78. The Morgan fingerprint density at radius 2 is 2.10 bits per heavy atom. The molecule has 0 aliphatic rings. The van der Waals surface area contributed by atoms with Crippen molar-refractivity contribution in [3.05, 3.63) is 57.4 Å². The zero-order chi connectivity index (χ0) is 13.9. The molecule has 0 radical (unpaired) electrons. The van der Waals surface area contributed by atoms with E-state index in [9.17, 15) is 0 Å². The van der Waals surface area contributed by atoms with Gasteiger partial charge in [-0.3, -0.25) is 0 Å². The van der Waals surface area contributed by atoms with Gasteiger partial charge in [-0.15, -0.1) is 11.3 Å². The van der Waals surface area contributed by atoms with Crippen LogP contribution in [0.15, 0.2) is 47.1 Å². The topological polar surface area (TPSA) is 25.2 Å². The van der Waals surface area contributed by atoms with E-state index in [-0.39, 0.29) is 6.04 Å². The molecule has 0 amide bonds.